The van der Waals surface area contributed by atoms with Crippen LogP contribution in [0.25, 0.3) is 0 Å². The Kier molecular flexibility index (Phi) is 26.2. The number of rotatable bonds is 24. The van der Waals surface area contributed by atoms with Crippen LogP contribution in [0.4, 0.5) is 0 Å². The van der Waals surface area contributed by atoms with E-state index in [1.807, 2.05) is 0 Å². The molecule has 0 aliphatic heterocycles. The van der Waals surface area contributed by atoms with Crippen LogP contribution in [0.1, 0.15) is 161 Å². The largest absolute Gasteiger partial charge is 0.103 e. The first-order chi connectivity index (χ1) is 14.8. The van der Waals surface area contributed by atoms with Crippen molar-refractivity contribution in [1.82, 2.24) is 0 Å². The van der Waals surface area contributed by atoms with Gasteiger partial charge in [-0.15, -0.1) is 11.8 Å². The smallest absolute Gasteiger partial charge is 0.0198 e. The Hall–Kier alpha value is -0.440. The Morgan fingerprint density at radius 1 is 0.533 bits per heavy atom. The first kappa shape index (κ1) is 29.6. The van der Waals surface area contributed by atoms with Gasteiger partial charge in [0.05, 0.1) is 0 Å². The van der Waals surface area contributed by atoms with E-state index in [1.165, 1.54) is 141 Å². The predicted octanol–water partition coefficient (Wildman–Crippen LogP) is 10.7. The molecule has 176 valence electrons. The van der Waals surface area contributed by atoms with Crippen molar-refractivity contribution in [3.05, 3.63) is 13.8 Å². The van der Waals surface area contributed by atoms with Gasteiger partial charge in [0.25, 0.3) is 0 Å². The Balaban J connectivity index is 3.29. The van der Waals surface area contributed by atoms with Gasteiger partial charge >= 0.3 is 0 Å². The molecule has 0 spiro atoms. The van der Waals surface area contributed by atoms with Gasteiger partial charge in [-0.2, -0.15) is 0 Å². The molecule has 0 heteroatoms. The van der Waals surface area contributed by atoms with E-state index in [2.05, 4.69) is 32.6 Å². The normalized spacial score (nSPS) is 12.0. The third kappa shape index (κ3) is 23.8. The second-order valence-corrected chi connectivity index (χ2v) is 9.53. The first-order valence-electron chi connectivity index (χ1n) is 13.9. The zero-order valence-electron chi connectivity index (χ0n) is 21.0. The highest BCUT2D eigenvalue weighted by molar-refractivity contribution is 5.00. The van der Waals surface area contributed by atoms with Gasteiger partial charge in [-0.25, -0.2) is 0 Å². The van der Waals surface area contributed by atoms with Gasteiger partial charge in [-0.1, -0.05) is 155 Å². The highest BCUT2D eigenvalue weighted by Gasteiger charge is 2.06. The van der Waals surface area contributed by atoms with E-state index in [9.17, 15) is 0 Å². The SMILES string of the molecule is [CH2]C#CCCCCCCCCCCC(CC)CCCCCCCCCCCCC[CH2]. The zero-order chi connectivity index (χ0) is 22.0. The molecule has 0 saturated heterocycles. The van der Waals surface area contributed by atoms with E-state index in [0.717, 1.165) is 18.8 Å². The van der Waals surface area contributed by atoms with Crippen LogP contribution in [0, 0.1) is 31.6 Å². The van der Waals surface area contributed by atoms with Crippen molar-refractivity contribution in [3.8, 4) is 11.8 Å². The highest BCUT2D eigenvalue weighted by atomic mass is 14.1. The summed E-state index contributed by atoms with van der Waals surface area (Å²) in [6, 6.07) is 0. The molecule has 0 N–H and O–H groups in total. The molecule has 30 heavy (non-hydrogen) atoms. The van der Waals surface area contributed by atoms with Crippen LogP contribution < -0.4 is 0 Å². The van der Waals surface area contributed by atoms with E-state index >= 15 is 0 Å². The van der Waals surface area contributed by atoms with Gasteiger partial charge in [-0.3, -0.25) is 0 Å². The maximum Gasteiger partial charge on any atom is 0.0198 e. The molecule has 0 bridgehead atoms. The molecule has 0 aliphatic rings. The van der Waals surface area contributed by atoms with E-state index < -0.39 is 0 Å². The van der Waals surface area contributed by atoms with Gasteiger partial charge in [0.15, 0.2) is 0 Å². The van der Waals surface area contributed by atoms with Crippen LogP contribution in [0.15, 0.2) is 0 Å². The molecule has 2 radical (unpaired) electrons. The standard InChI is InChI=1S/C30H56/c1-4-7-9-11-13-15-17-19-21-23-25-27-29-30(6-3)28-26-24-22-20-18-16-14-12-10-8-5-2/h30H,1-2,4,6-7,9-29H2,3H3. The molecule has 0 aromatic heterocycles. The number of unbranched alkanes of at least 4 members (excludes halogenated alkanes) is 19. The maximum atomic E-state index is 3.92. The zero-order valence-corrected chi connectivity index (χ0v) is 21.0. The summed E-state index contributed by atoms with van der Waals surface area (Å²) in [7, 11) is 0. The molecule has 0 aromatic rings. The summed E-state index contributed by atoms with van der Waals surface area (Å²) in [4.78, 5) is 0. The summed E-state index contributed by atoms with van der Waals surface area (Å²) in [5, 5.41) is 0. The Morgan fingerprint density at radius 3 is 1.27 bits per heavy atom. The molecule has 0 saturated carbocycles. The van der Waals surface area contributed by atoms with E-state index in [1.54, 1.807) is 0 Å². The van der Waals surface area contributed by atoms with Crippen molar-refractivity contribution in [1.29, 1.82) is 0 Å². The van der Waals surface area contributed by atoms with Crippen LogP contribution in [0.3, 0.4) is 0 Å². The summed E-state index contributed by atoms with van der Waals surface area (Å²) in [5.74, 6) is 6.80. The van der Waals surface area contributed by atoms with Crippen molar-refractivity contribution in [2.75, 3.05) is 0 Å². The molecular formula is C30H56. The van der Waals surface area contributed by atoms with Crippen molar-refractivity contribution >= 4 is 0 Å². The van der Waals surface area contributed by atoms with Crippen molar-refractivity contribution in [2.45, 2.75) is 161 Å². The molecule has 1 atom stereocenters. The highest BCUT2D eigenvalue weighted by Crippen LogP contribution is 2.22. The van der Waals surface area contributed by atoms with Crippen LogP contribution in [0.5, 0.6) is 0 Å². The lowest BCUT2D eigenvalue weighted by Gasteiger charge is -2.14. The molecule has 0 heterocycles. The van der Waals surface area contributed by atoms with Crippen molar-refractivity contribution in [3.63, 3.8) is 0 Å². The van der Waals surface area contributed by atoms with Crippen LogP contribution in [0.2, 0.25) is 0 Å². The fourth-order valence-corrected chi connectivity index (χ4v) is 4.55. The predicted molar refractivity (Wildman–Crippen MR) is 138 cm³/mol. The van der Waals surface area contributed by atoms with Crippen LogP contribution >= 0.6 is 0 Å². The minimum Gasteiger partial charge on any atom is -0.103 e. The Morgan fingerprint density at radius 2 is 0.900 bits per heavy atom. The minimum absolute atomic E-state index is 0.998. The second kappa shape index (κ2) is 26.6. The summed E-state index contributed by atoms with van der Waals surface area (Å²) in [5.41, 5.74) is 0. The lowest BCUT2D eigenvalue weighted by Crippen LogP contribution is -1.99. The fourth-order valence-electron chi connectivity index (χ4n) is 4.55. The van der Waals surface area contributed by atoms with Gasteiger partial charge < -0.3 is 0 Å². The Labute approximate surface area is 192 Å². The summed E-state index contributed by atoms with van der Waals surface area (Å²) < 4.78 is 0. The van der Waals surface area contributed by atoms with E-state index in [0.29, 0.717) is 0 Å². The fraction of sp³-hybridized carbons (Fsp3) is 0.867. The molecule has 0 nitrogen and oxygen atoms in total. The number of hydrogen-bond donors (Lipinski definition) is 0. The molecule has 1 unspecified atom stereocenters. The van der Waals surface area contributed by atoms with Gasteiger partial charge in [0.2, 0.25) is 0 Å². The summed E-state index contributed by atoms with van der Waals surface area (Å²) >= 11 is 0. The summed E-state index contributed by atoms with van der Waals surface area (Å²) in [6.07, 6.45) is 33.7. The topological polar surface area (TPSA) is 0 Å². The lowest BCUT2D eigenvalue weighted by molar-refractivity contribution is 0.392. The molecule has 0 aliphatic carbocycles. The molecule has 0 amide bonds. The molecule has 0 aromatic carbocycles. The van der Waals surface area contributed by atoms with Gasteiger partial charge in [-0.05, 0) is 12.3 Å². The average Bonchev–Trinajstić information content (AvgIpc) is 2.76. The second-order valence-electron chi connectivity index (χ2n) is 9.53. The van der Waals surface area contributed by atoms with E-state index in [4.69, 9.17) is 0 Å². The number of hydrogen-bond acceptors (Lipinski definition) is 0. The van der Waals surface area contributed by atoms with E-state index in [-0.39, 0.29) is 0 Å². The van der Waals surface area contributed by atoms with Gasteiger partial charge in [0, 0.05) is 13.3 Å². The lowest BCUT2D eigenvalue weighted by atomic mass is 9.92. The Bertz CT molecular complexity index is 358. The summed E-state index contributed by atoms with van der Waals surface area (Å²) in [6.45, 7) is 9.89. The van der Waals surface area contributed by atoms with Gasteiger partial charge in [0.1, 0.15) is 0 Å². The minimum atomic E-state index is 0.998. The van der Waals surface area contributed by atoms with Crippen molar-refractivity contribution in [2.24, 2.45) is 5.92 Å². The third-order valence-electron chi connectivity index (χ3n) is 6.73. The molecule has 0 fully saturated rings. The third-order valence-corrected chi connectivity index (χ3v) is 6.73. The van der Waals surface area contributed by atoms with Crippen LogP contribution in [-0.2, 0) is 0 Å². The quantitative estimate of drug-likeness (QED) is 0.108. The molecule has 0 rings (SSSR count). The first-order valence-corrected chi connectivity index (χ1v) is 13.9. The monoisotopic (exact) mass is 416 g/mol. The average molecular weight is 417 g/mol. The van der Waals surface area contributed by atoms with Crippen LogP contribution in [-0.4, -0.2) is 0 Å². The van der Waals surface area contributed by atoms with Crippen molar-refractivity contribution < 1.29 is 0 Å². The molecular weight excluding hydrogens is 360 g/mol. The maximum absolute atomic E-state index is 3.92.